The Morgan fingerprint density at radius 2 is 1.86 bits per heavy atom. The normalized spacial score (nSPS) is 17.4. The quantitative estimate of drug-likeness (QED) is 0.296. The molecule has 14 heteroatoms. The van der Waals surface area contributed by atoms with Crippen LogP contribution in [0, 0.1) is 12.7 Å². The van der Waals surface area contributed by atoms with Crippen LogP contribution in [0.25, 0.3) is 27.8 Å². The van der Waals surface area contributed by atoms with Gasteiger partial charge in [0, 0.05) is 42.0 Å². The van der Waals surface area contributed by atoms with Crippen LogP contribution in [0.3, 0.4) is 0 Å². The highest BCUT2D eigenvalue weighted by Gasteiger charge is 2.40. The van der Waals surface area contributed by atoms with Crippen molar-refractivity contribution in [1.29, 1.82) is 0 Å². The molecule has 4 aromatic heterocycles. The van der Waals surface area contributed by atoms with Crippen molar-refractivity contribution in [3.05, 3.63) is 78.5 Å². The van der Waals surface area contributed by atoms with Gasteiger partial charge in [-0.3, -0.25) is 14.3 Å². The molecule has 1 aliphatic heterocycles. The number of aliphatic hydroxyl groups excluding tert-OH is 1. The Labute approximate surface area is 244 Å². The molecule has 43 heavy (non-hydrogen) atoms. The van der Waals surface area contributed by atoms with E-state index < -0.39 is 35.9 Å². The van der Waals surface area contributed by atoms with Crippen molar-refractivity contribution in [1.82, 2.24) is 39.4 Å². The summed E-state index contributed by atoms with van der Waals surface area (Å²) in [6.07, 6.45) is 3.51. The minimum absolute atomic E-state index is 0.167. The summed E-state index contributed by atoms with van der Waals surface area (Å²) in [5, 5.41) is 22.4. The highest BCUT2D eigenvalue weighted by molar-refractivity contribution is 5.97. The minimum Gasteiger partial charge on any atom is -0.387 e. The maximum absolute atomic E-state index is 14.6. The number of hydrogen-bond donors (Lipinski definition) is 2. The Hall–Kier alpha value is -5.11. The molecular weight excluding hydrogens is 560 g/mol. The number of likely N-dealkylation sites (tertiary alicyclic amines) is 1. The van der Waals surface area contributed by atoms with Crippen LogP contribution in [0.4, 0.5) is 14.6 Å². The van der Waals surface area contributed by atoms with Gasteiger partial charge in [0.2, 0.25) is 11.8 Å². The van der Waals surface area contributed by atoms with Crippen molar-refractivity contribution in [3.8, 4) is 16.9 Å². The third kappa shape index (κ3) is 5.68. The zero-order chi connectivity index (χ0) is 30.2. The summed E-state index contributed by atoms with van der Waals surface area (Å²) in [4.78, 5) is 40.3. The first-order chi connectivity index (χ1) is 20.7. The van der Waals surface area contributed by atoms with E-state index in [0.29, 0.717) is 28.2 Å². The van der Waals surface area contributed by atoms with Crippen molar-refractivity contribution in [3.63, 3.8) is 0 Å². The molecular formula is C29H27F2N9O3. The number of aliphatic hydroxyl groups is 1. The smallest absolute Gasteiger partial charge is 0.248 e. The van der Waals surface area contributed by atoms with Crippen LogP contribution in [0.1, 0.15) is 31.0 Å². The summed E-state index contributed by atoms with van der Waals surface area (Å²) in [5.74, 6) is -0.443. The predicted octanol–water partition coefficient (Wildman–Crippen LogP) is 3.15. The average molecular weight is 588 g/mol. The van der Waals surface area contributed by atoms with Gasteiger partial charge in [-0.15, -0.1) is 5.10 Å². The average Bonchev–Trinajstić information content (AvgIpc) is 3.71. The lowest BCUT2D eigenvalue weighted by Gasteiger charge is -2.23. The fraction of sp³-hybridized carbons (Fsp3) is 0.276. The van der Waals surface area contributed by atoms with Crippen LogP contribution in [0.2, 0.25) is 0 Å². The van der Waals surface area contributed by atoms with Crippen LogP contribution in [-0.2, 0) is 16.1 Å². The maximum atomic E-state index is 14.6. The molecule has 1 fully saturated rings. The molecule has 0 aliphatic carbocycles. The van der Waals surface area contributed by atoms with E-state index in [1.54, 1.807) is 32.3 Å². The summed E-state index contributed by atoms with van der Waals surface area (Å²) in [7, 11) is 0. The van der Waals surface area contributed by atoms with E-state index in [1.165, 1.54) is 38.7 Å². The van der Waals surface area contributed by atoms with Crippen LogP contribution >= 0.6 is 0 Å². The molecule has 0 bridgehead atoms. The number of carbonyl (C=O) groups is 2. The summed E-state index contributed by atoms with van der Waals surface area (Å²) in [5.41, 5.74) is 2.57. The number of anilines is 1. The molecule has 0 spiro atoms. The number of aromatic nitrogens is 7. The van der Waals surface area contributed by atoms with Gasteiger partial charge >= 0.3 is 0 Å². The second kappa shape index (κ2) is 11.3. The number of benzene rings is 1. The van der Waals surface area contributed by atoms with E-state index in [2.05, 4.69) is 30.5 Å². The molecule has 12 nitrogen and oxygen atoms in total. The highest BCUT2D eigenvalue weighted by Crippen LogP contribution is 2.30. The third-order valence-electron chi connectivity index (χ3n) is 7.23. The first kappa shape index (κ1) is 28.0. The SMILES string of the molecule is Cc1ncc(-c2ccc3c(c2)c(C(C)O)nn3CC(=O)N2C[C@H](F)C[C@H]2C(=O)Nc2ccn(-c3ccc(F)cn3)n2)cn1. The summed E-state index contributed by atoms with van der Waals surface area (Å²) in [6, 6.07) is 8.59. The van der Waals surface area contributed by atoms with Gasteiger partial charge in [0.25, 0.3) is 0 Å². The van der Waals surface area contributed by atoms with E-state index in [-0.39, 0.29) is 25.3 Å². The van der Waals surface area contributed by atoms with Gasteiger partial charge in [0.1, 0.15) is 30.4 Å². The number of nitrogens with one attached hydrogen (secondary N) is 1. The van der Waals surface area contributed by atoms with E-state index in [0.717, 1.165) is 17.3 Å². The zero-order valence-corrected chi connectivity index (χ0v) is 23.2. The lowest BCUT2D eigenvalue weighted by atomic mass is 10.0. The molecule has 1 aromatic carbocycles. The number of amides is 2. The first-order valence-electron chi connectivity index (χ1n) is 13.6. The van der Waals surface area contributed by atoms with Gasteiger partial charge in [-0.2, -0.15) is 5.10 Å². The van der Waals surface area contributed by atoms with Gasteiger partial charge in [0.15, 0.2) is 11.6 Å². The van der Waals surface area contributed by atoms with Crippen LogP contribution in [0.15, 0.2) is 61.2 Å². The Balaban J connectivity index is 1.21. The molecule has 220 valence electrons. The summed E-state index contributed by atoms with van der Waals surface area (Å²) in [6.45, 7) is 2.86. The fourth-order valence-electron chi connectivity index (χ4n) is 5.11. The molecule has 1 aliphatic rings. The number of rotatable bonds is 7. The van der Waals surface area contributed by atoms with Crippen molar-refractivity contribution < 1.29 is 23.5 Å². The largest absolute Gasteiger partial charge is 0.387 e. The molecule has 3 atom stereocenters. The fourth-order valence-corrected chi connectivity index (χ4v) is 5.11. The summed E-state index contributed by atoms with van der Waals surface area (Å²) < 4.78 is 30.6. The summed E-state index contributed by atoms with van der Waals surface area (Å²) >= 11 is 0. The van der Waals surface area contributed by atoms with E-state index in [1.807, 2.05) is 12.1 Å². The molecule has 5 heterocycles. The molecule has 2 N–H and O–H groups in total. The van der Waals surface area contributed by atoms with E-state index in [9.17, 15) is 23.5 Å². The van der Waals surface area contributed by atoms with Crippen molar-refractivity contribution in [2.75, 3.05) is 11.9 Å². The number of alkyl halides is 1. The van der Waals surface area contributed by atoms with Gasteiger partial charge in [-0.05, 0) is 43.7 Å². The van der Waals surface area contributed by atoms with Crippen LogP contribution in [-0.4, -0.2) is 75.1 Å². The monoisotopic (exact) mass is 587 g/mol. The topological polar surface area (TPSA) is 144 Å². The van der Waals surface area contributed by atoms with Gasteiger partial charge in [0.05, 0.1) is 30.1 Å². The number of halogens is 2. The third-order valence-corrected chi connectivity index (χ3v) is 7.23. The Kier molecular flexibility index (Phi) is 7.36. The van der Waals surface area contributed by atoms with Crippen molar-refractivity contribution in [2.24, 2.45) is 0 Å². The number of carbonyl (C=O) groups excluding carboxylic acids is 2. The molecule has 0 saturated carbocycles. The van der Waals surface area contributed by atoms with Crippen LogP contribution < -0.4 is 5.32 Å². The Morgan fingerprint density at radius 1 is 1.07 bits per heavy atom. The zero-order valence-electron chi connectivity index (χ0n) is 23.2. The molecule has 1 unspecified atom stereocenters. The van der Waals surface area contributed by atoms with Crippen molar-refractivity contribution in [2.45, 2.75) is 45.1 Å². The number of aryl methyl sites for hydroxylation is 1. The lowest BCUT2D eigenvalue weighted by molar-refractivity contribution is -0.137. The Bertz CT molecular complexity index is 1800. The second-order valence-electron chi connectivity index (χ2n) is 10.3. The standard InChI is InChI=1S/C29H27F2N9O3/c1-16(41)28-22-9-18(19-11-32-17(2)33-12-19)3-5-23(22)40(37-28)15-27(42)38-14-21(31)10-24(38)29(43)35-25-7-8-39(36-25)26-6-4-20(30)13-34-26/h3-9,11-13,16,21,24,41H,10,14-15H2,1-2H3,(H,35,36,43)/t16?,21-,24+/m1/s1. The number of pyridine rings is 1. The Morgan fingerprint density at radius 3 is 2.58 bits per heavy atom. The molecule has 0 radical (unpaired) electrons. The molecule has 1 saturated heterocycles. The van der Waals surface area contributed by atoms with Gasteiger partial charge < -0.3 is 15.3 Å². The van der Waals surface area contributed by atoms with Gasteiger partial charge in [-0.25, -0.2) is 28.4 Å². The molecule has 6 rings (SSSR count). The predicted molar refractivity (Wildman–Crippen MR) is 151 cm³/mol. The maximum Gasteiger partial charge on any atom is 0.248 e. The number of hydrogen-bond acceptors (Lipinski definition) is 8. The highest BCUT2D eigenvalue weighted by atomic mass is 19.1. The second-order valence-corrected chi connectivity index (χ2v) is 10.3. The first-order valence-corrected chi connectivity index (χ1v) is 13.6. The number of nitrogens with zero attached hydrogens (tertiary/aromatic N) is 8. The molecule has 5 aromatic rings. The van der Waals surface area contributed by atoms with E-state index >= 15 is 0 Å². The van der Waals surface area contributed by atoms with Gasteiger partial charge in [-0.1, -0.05) is 6.07 Å². The van der Waals surface area contributed by atoms with Crippen LogP contribution in [0.5, 0.6) is 0 Å². The number of fused-ring (bicyclic) bond motifs is 1. The molecule has 2 amide bonds. The minimum atomic E-state index is -1.39. The van der Waals surface area contributed by atoms with Crippen molar-refractivity contribution >= 4 is 28.5 Å². The van der Waals surface area contributed by atoms with E-state index in [4.69, 9.17) is 0 Å². The lowest BCUT2D eigenvalue weighted by Crippen LogP contribution is -2.44.